The van der Waals surface area contributed by atoms with E-state index in [1.807, 2.05) is 57.2 Å². The number of aromatic nitrogens is 1. The number of carbonyl (C=O) groups is 1. The van der Waals surface area contributed by atoms with Gasteiger partial charge in [-0.15, -0.1) is 0 Å². The van der Waals surface area contributed by atoms with E-state index in [1.165, 1.54) is 5.56 Å². The zero-order valence-corrected chi connectivity index (χ0v) is 16.6. The maximum atomic E-state index is 12.4. The van der Waals surface area contributed by atoms with Crippen molar-refractivity contribution in [3.8, 4) is 0 Å². The number of nitrogens with one attached hydrogen (secondary N) is 1. The lowest BCUT2D eigenvalue weighted by atomic mass is 10.0. The van der Waals surface area contributed by atoms with Crippen LogP contribution in [-0.4, -0.2) is 40.8 Å². The molecule has 1 aliphatic rings. The van der Waals surface area contributed by atoms with Gasteiger partial charge in [0.1, 0.15) is 11.3 Å². The normalized spacial score (nSPS) is 14.8. The standard InChI is InChI=1S/C22H26N4O2/c1-22(2,3)28-21(27)26-17(13-12-16-9-5-4-6-10-16)19-15-24-20(25-19)18-11-7-8-14-23-18/h4-11,14,17H,12-13,15H2,1-3H3,(H,26,27)/t17-/m1/s1. The monoisotopic (exact) mass is 378 g/mol. The van der Waals surface area contributed by atoms with Crippen LogP contribution >= 0.6 is 0 Å². The van der Waals surface area contributed by atoms with Crippen LogP contribution in [0.25, 0.3) is 0 Å². The molecule has 0 bridgehead atoms. The number of hydrogen-bond donors (Lipinski definition) is 1. The van der Waals surface area contributed by atoms with E-state index in [4.69, 9.17) is 4.74 Å². The topological polar surface area (TPSA) is 75.9 Å². The average Bonchev–Trinajstić information content (AvgIpc) is 3.15. The number of amidine groups is 1. The molecule has 1 aliphatic heterocycles. The predicted octanol–water partition coefficient (Wildman–Crippen LogP) is 3.81. The highest BCUT2D eigenvalue weighted by Crippen LogP contribution is 2.13. The molecular weight excluding hydrogens is 352 g/mol. The van der Waals surface area contributed by atoms with Crippen molar-refractivity contribution >= 4 is 17.6 Å². The molecular formula is C22H26N4O2. The summed E-state index contributed by atoms with van der Waals surface area (Å²) in [6.07, 6.45) is 2.81. The van der Waals surface area contributed by atoms with Gasteiger partial charge in [-0.25, -0.2) is 9.79 Å². The number of rotatable bonds is 6. The molecule has 3 rings (SSSR count). The zero-order chi connectivity index (χ0) is 20.0. The van der Waals surface area contributed by atoms with Crippen LogP contribution in [-0.2, 0) is 11.2 Å². The lowest BCUT2D eigenvalue weighted by molar-refractivity contribution is 0.0516. The van der Waals surface area contributed by atoms with E-state index in [-0.39, 0.29) is 6.04 Å². The molecule has 6 nitrogen and oxygen atoms in total. The molecule has 0 radical (unpaired) electrons. The molecule has 0 saturated carbocycles. The number of nitrogens with zero attached hydrogens (tertiary/aromatic N) is 3. The minimum Gasteiger partial charge on any atom is -0.444 e. The van der Waals surface area contributed by atoms with Gasteiger partial charge in [0.15, 0.2) is 5.84 Å². The van der Waals surface area contributed by atoms with Gasteiger partial charge in [-0.1, -0.05) is 36.4 Å². The second-order valence-corrected chi connectivity index (χ2v) is 7.68. The second-order valence-electron chi connectivity index (χ2n) is 7.68. The molecule has 1 aromatic carbocycles. The van der Waals surface area contributed by atoms with E-state index >= 15 is 0 Å². The summed E-state index contributed by atoms with van der Waals surface area (Å²) in [5, 5.41) is 2.97. The summed E-state index contributed by atoms with van der Waals surface area (Å²) in [6, 6.07) is 15.6. The van der Waals surface area contributed by atoms with Gasteiger partial charge >= 0.3 is 6.09 Å². The Hall–Kier alpha value is -3.02. The molecule has 1 aromatic heterocycles. The number of pyridine rings is 1. The lowest BCUT2D eigenvalue weighted by Crippen LogP contribution is -2.44. The number of alkyl carbamates (subject to hydrolysis) is 1. The Morgan fingerprint density at radius 1 is 1.14 bits per heavy atom. The highest BCUT2D eigenvalue weighted by atomic mass is 16.6. The van der Waals surface area contributed by atoms with Crippen LogP contribution in [0.5, 0.6) is 0 Å². The van der Waals surface area contributed by atoms with Crippen molar-refractivity contribution in [1.82, 2.24) is 10.3 Å². The van der Waals surface area contributed by atoms with Gasteiger partial charge in [0, 0.05) is 6.20 Å². The minimum atomic E-state index is -0.554. The fourth-order valence-corrected chi connectivity index (χ4v) is 2.91. The average molecular weight is 378 g/mol. The van der Waals surface area contributed by atoms with Crippen molar-refractivity contribution in [1.29, 1.82) is 0 Å². The van der Waals surface area contributed by atoms with Gasteiger partial charge in [-0.3, -0.25) is 9.98 Å². The highest BCUT2D eigenvalue weighted by Gasteiger charge is 2.25. The molecule has 2 heterocycles. The van der Waals surface area contributed by atoms with E-state index in [2.05, 4.69) is 32.4 Å². The van der Waals surface area contributed by atoms with Crippen LogP contribution in [0.15, 0.2) is 64.7 Å². The first-order valence-electron chi connectivity index (χ1n) is 9.47. The second kappa shape index (κ2) is 8.78. The largest absolute Gasteiger partial charge is 0.444 e. The van der Waals surface area contributed by atoms with Crippen molar-refractivity contribution in [2.24, 2.45) is 9.98 Å². The van der Waals surface area contributed by atoms with E-state index in [0.717, 1.165) is 17.8 Å². The maximum Gasteiger partial charge on any atom is 0.408 e. The molecule has 0 spiro atoms. The lowest BCUT2D eigenvalue weighted by Gasteiger charge is -2.23. The zero-order valence-electron chi connectivity index (χ0n) is 16.6. The third-order valence-electron chi connectivity index (χ3n) is 4.19. The SMILES string of the molecule is CC(C)(C)OC(=O)N[C@H](CCc1ccccc1)C1=NC(c2ccccn2)=NC1. The molecule has 1 atom stereocenters. The maximum absolute atomic E-state index is 12.4. The van der Waals surface area contributed by atoms with Crippen LogP contribution in [0.1, 0.15) is 38.4 Å². The minimum absolute atomic E-state index is 0.250. The molecule has 0 saturated heterocycles. The molecule has 2 aromatic rings. The fraction of sp³-hybridized carbons (Fsp3) is 0.364. The fourth-order valence-electron chi connectivity index (χ4n) is 2.91. The summed E-state index contributed by atoms with van der Waals surface area (Å²) in [5.41, 5.74) is 2.21. The van der Waals surface area contributed by atoms with E-state index in [1.54, 1.807) is 6.20 Å². The van der Waals surface area contributed by atoms with Crippen molar-refractivity contribution in [2.75, 3.05) is 6.54 Å². The Balaban J connectivity index is 1.73. The number of amides is 1. The predicted molar refractivity (Wildman–Crippen MR) is 111 cm³/mol. The Bertz CT molecular complexity index is 855. The first-order valence-corrected chi connectivity index (χ1v) is 9.47. The molecule has 6 heteroatoms. The summed E-state index contributed by atoms with van der Waals surface area (Å²) in [6.45, 7) is 5.99. The van der Waals surface area contributed by atoms with Crippen molar-refractivity contribution in [2.45, 2.75) is 45.3 Å². The Morgan fingerprint density at radius 3 is 2.57 bits per heavy atom. The van der Waals surface area contributed by atoms with Gasteiger partial charge in [-0.05, 0) is 51.3 Å². The summed E-state index contributed by atoms with van der Waals surface area (Å²) in [4.78, 5) is 25.8. The van der Waals surface area contributed by atoms with Gasteiger partial charge < -0.3 is 10.1 Å². The Morgan fingerprint density at radius 2 is 1.89 bits per heavy atom. The number of benzene rings is 1. The van der Waals surface area contributed by atoms with Gasteiger partial charge in [0.25, 0.3) is 0 Å². The highest BCUT2D eigenvalue weighted by molar-refractivity contribution is 6.12. The van der Waals surface area contributed by atoms with E-state index < -0.39 is 11.7 Å². The molecule has 0 unspecified atom stereocenters. The Kier molecular flexibility index (Phi) is 6.19. The van der Waals surface area contributed by atoms with E-state index in [9.17, 15) is 4.79 Å². The molecule has 146 valence electrons. The molecule has 0 fully saturated rings. The van der Waals surface area contributed by atoms with Crippen molar-refractivity contribution in [3.05, 3.63) is 66.0 Å². The van der Waals surface area contributed by atoms with Gasteiger partial charge in [-0.2, -0.15) is 0 Å². The van der Waals surface area contributed by atoms with Crippen LogP contribution < -0.4 is 5.32 Å². The number of aliphatic imine (C=N–C) groups is 2. The van der Waals surface area contributed by atoms with Crippen LogP contribution in [0.4, 0.5) is 4.79 Å². The van der Waals surface area contributed by atoms with E-state index in [0.29, 0.717) is 18.8 Å². The third-order valence-corrected chi connectivity index (χ3v) is 4.19. The Labute approximate surface area is 165 Å². The smallest absolute Gasteiger partial charge is 0.408 e. The quantitative estimate of drug-likeness (QED) is 0.830. The first kappa shape index (κ1) is 19.7. The van der Waals surface area contributed by atoms with Gasteiger partial charge in [0.05, 0.1) is 18.3 Å². The number of aryl methyl sites for hydroxylation is 1. The first-order chi connectivity index (χ1) is 13.4. The number of carbonyl (C=O) groups excluding carboxylic acids is 1. The summed E-state index contributed by atoms with van der Waals surface area (Å²) >= 11 is 0. The number of hydrogen-bond acceptors (Lipinski definition) is 5. The van der Waals surface area contributed by atoms with Gasteiger partial charge in [0.2, 0.25) is 0 Å². The van der Waals surface area contributed by atoms with Crippen molar-refractivity contribution < 1.29 is 9.53 Å². The summed E-state index contributed by atoms with van der Waals surface area (Å²) < 4.78 is 5.44. The number of ether oxygens (including phenoxy) is 1. The third kappa shape index (κ3) is 5.74. The van der Waals surface area contributed by atoms with Crippen molar-refractivity contribution in [3.63, 3.8) is 0 Å². The van der Waals surface area contributed by atoms with Crippen LogP contribution in [0.3, 0.4) is 0 Å². The molecule has 1 N–H and O–H groups in total. The molecule has 0 aliphatic carbocycles. The summed E-state index contributed by atoms with van der Waals surface area (Å²) in [7, 11) is 0. The molecule has 28 heavy (non-hydrogen) atoms. The summed E-state index contributed by atoms with van der Waals surface area (Å²) in [5.74, 6) is 0.603. The van der Waals surface area contributed by atoms with Crippen LogP contribution in [0.2, 0.25) is 0 Å². The molecule has 1 amide bonds. The van der Waals surface area contributed by atoms with Crippen LogP contribution in [0, 0.1) is 0 Å².